The van der Waals surface area contributed by atoms with E-state index in [-0.39, 0.29) is 22.3 Å². The molecule has 0 saturated heterocycles. The van der Waals surface area contributed by atoms with Crippen LogP contribution in [0.5, 0.6) is 0 Å². The smallest absolute Gasteiger partial charge is 0.222 e. The molecule has 0 aromatic carbocycles. The van der Waals surface area contributed by atoms with E-state index < -0.39 is 0 Å². The first-order valence-electron chi connectivity index (χ1n) is 6.27. The number of hydrogen-bond acceptors (Lipinski definition) is 2. The van der Waals surface area contributed by atoms with Crippen LogP contribution in [0.25, 0.3) is 0 Å². The molecular weight excluding hydrogens is 200 g/mol. The van der Waals surface area contributed by atoms with Crippen LogP contribution in [-0.4, -0.2) is 17.5 Å². The van der Waals surface area contributed by atoms with Crippen molar-refractivity contribution in [3.63, 3.8) is 0 Å². The molecule has 2 aliphatic carbocycles. The zero-order valence-electron chi connectivity index (χ0n) is 10.9. The molecule has 1 amide bonds. The molecule has 2 rings (SSSR count). The average Bonchev–Trinajstić information content (AvgIpc) is 2.45. The molecule has 0 atom stereocenters. The van der Waals surface area contributed by atoms with Crippen molar-refractivity contribution in [1.29, 1.82) is 0 Å². The number of nitrogens with one attached hydrogen (secondary N) is 1. The van der Waals surface area contributed by atoms with Crippen molar-refractivity contribution in [2.45, 2.75) is 65.0 Å². The van der Waals surface area contributed by atoms with Gasteiger partial charge in [0.1, 0.15) is 0 Å². The van der Waals surface area contributed by atoms with E-state index in [9.17, 15) is 4.79 Å². The van der Waals surface area contributed by atoms with Crippen LogP contribution in [0.1, 0.15) is 53.4 Å². The van der Waals surface area contributed by atoms with Gasteiger partial charge in [0.15, 0.2) is 0 Å². The van der Waals surface area contributed by atoms with Crippen LogP contribution in [-0.2, 0) is 4.79 Å². The highest BCUT2D eigenvalue weighted by molar-refractivity contribution is 5.78. The Kier molecular flexibility index (Phi) is 2.40. The van der Waals surface area contributed by atoms with Gasteiger partial charge in [-0.05, 0) is 30.1 Å². The van der Waals surface area contributed by atoms with E-state index in [0.29, 0.717) is 12.5 Å². The fourth-order valence-corrected chi connectivity index (χ4v) is 2.90. The fourth-order valence-electron chi connectivity index (χ4n) is 2.90. The fraction of sp³-hybridized carbons (Fsp3) is 0.923. The van der Waals surface area contributed by atoms with Gasteiger partial charge in [0.2, 0.25) is 5.91 Å². The number of nitrogens with two attached hydrogens (primary N) is 1. The summed E-state index contributed by atoms with van der Waals surface area (Å²) in [5, 5.41) is 3.14. The average molecular weight is 224 g/mol. The third-order valence-corrected chi connectivity index (χ3v) is 5.19. The topological polar surface area (TPSA) is 55.1 Å². The number of amides is 1. The molecular formula is C13H24N2O. The number of carbonyl (C=O) groups excluding carboxylic acids is 1. The van der Waals surface area contributed by atoms with Crippen molar-refractivity contribution in [3.8, 4) is 0 Å². The lowest BCUT2D eigenvalue weighted by molar-refractivity contribution is -0.123. The molecule has 0 radical (unpaired) electrons. The Hall–Kier alpha value is -0.570. The van der Waals surface area contributed by atoms with Crippen LogP contribution in [0.2, 0.25) is 0 Å². The van der Waals surface area contributed by atoms with Crippen LogP contribution in [0.4, 0.5) is 0 Å². The summed E-state index contributed by atoms with van der Waals surface area (Å²) in [7, 11) is 0. The molecule has 0 unspecified atom stereocenters. The van der Waals surface area contributed by atoms with Crippen LogP contribution >= 0.6 is 0 Å². The van der Waals surface area contributed by atoms with E-state index in [0.717, 1.165) is 12.8 Å². The number of carbonyl (C=O) groups is 1. The van der Waals surface area contributed by atoms with Crippen LogP contribution in [0.3, 0.4) is 0 Å². The standard InChI is InChI=1S/C13H24N2O/c1-11(2)10(12(11,3)4)15-9(16)8-13(14)6-5-7-13/h10H,5-8,14H2,1-4H3,(H,15,16). The predicted octanol–water partition coefficient (Wildman–Crippen LogP) is 1.81. The molecule has 3 N–H and O–H groups in total. The molecule has 92 valence electrons. The van der Waals surface area contributed by atoms with Gasteiger partial charge in [-0.15, -0.1) is 0 Å². The number of rotatable bonds is 3. The van der Waals surface area contributed by atoms with E-state index in [1.165, 1.54) is 6.42 Å². The Morgan fingerprint density at radius 2 is 1.75 bits per heavy atom. The van der Waals surface area contributed by atoms with Crippen molar-refractivity contribution in [3.05, 3.63) is 0 Å². The molecule has 2 fully saturated rings. The van der Waals surface area contributed by atoms with Crippen LogP contribution < -0.4 is 11.1 Å². The second-order valence-corrected chi connectivity index (χ2v) is 6.84. The minimum atomic E-state index is -0.201. The molecule has 0 heterocycles. The normalized spacial score (nSPS) is 29.3. The maximum atomic E-state index is 11.9. The summed E-state index contributed by atoms with van der Waals surface area (Å²) in [6, 6.07) is 0.302. The molecule has 0 spiro atoms. The molecule has 0 aliphatic heterocycles. The van der Waals surface area contributed by atoms with Crippen LogP contribution in [0, 0.1) is 10.8 Å². The maximum absolute atomic E-state index is 11.9. The highest BCUT2D eigenvalue weighted by atomic mass is 16.1. The minimum absolute atomic E-state index is 0.130. The third-order valence-electron chi connectivity index (χ3n) is 5.19. The van der Waals surface area contributed by atoms with Crippen molar-refractivity contribution in [1.82, 2.24) is 5.32 Å². The summed E-state index contributed by atoms with van der Waals surface area (Å²) in [6.07, 6.45) is 3.66. The zero-order chi connectivity index (χ0) is 12.2. The van der Waals surface area contributed by atoms with E-state index in [1.54, 1.807) is 0 Å². The molecule has 0 aromatic rings. The molecule has 2 saturated carbocycles. The first-order valence-corrected chi connectivity index (χ1v) is 6.27. The highest BCUT2D eigenvalue weighted by Gasteiger charge is 2.65. The molecule has 16 heavy (non-hydrogen) atoms. The first-order chi connectivity index (χ1) is 7.19. The Bertz CT molecular complexity index is 302. The first kappa shape index (κ1) is 11.9. The van der Waals surface area contributed by atoms with Gasteiger partial charge < -0.3 is 11.1 Å². The van der Waals surface area contributed by atoms with Crippen molar-refractivity contribution in [2.24, 2.45) is 16.6 Å². The Labute approximate surface area is 98.2 Å². The highest BCUT2D eigenvalue weighted by Crippen LogP contribution is 2.62. The van der Waals surface area contributed by atoms with Gasteiger partial charge in [-0.1, -0.05) is 27.7 Å². The second-order valence-electron chi connectivity index (χ2n) is 6.84. The van der Waals surface area contributed by atoms with Gasteiger partial charge >= 0.3 is 0 Å². The van der Waals surface area contributed by atoms with E-state index >= 15 is 0 Å². The maximum Gasteiger partial charge on any atom is 0.222 e. The lowest BCUT2D eigenvalue weighted by Crippen LogP contribution is -2.50. The van der Waals surface area contributed by atoms with Gasteiger partial charge in [-0.2, -0.15) is 0 Å². The minimum Gasteiger partial charge on any atom is -0.352 e. The Balaban J connectivity index is 1.85. The van der Waals surface area contributed by atoms with Gasteiger partial charge in [0.05, 0.1) is 0 Å². The molecule has 0 aromatic heterocycles. The van der Waals surface area contributed by atoms with Crippen molar-refractivity contribution in [2.75, 3.05) is 0 Å². The van der Waals surface area contributed by atoms with Gasteiger partial charge in [-0.3, -0.25) is 4.79 Å². The van der Waals surface area contributed by atoms with Crippen molar-refractivity contribution < 1.29 is 4.79 Å². The number of hydrogen-bond donors (Lipinski definition) is 2. The summed E-state index contributed by atoms with van der Waals surface area (Å²) in [6.45, 7) is 8.83. The Morgan fingerprint density at radius 3 is 2.06 bits per heavy atom. The van der Waals surface area contributed by atoms with E-state index in [4.69, 9.17) is 5.73 Å². The monoisotopic (exact) mass is 224 g/mol. The summed E-state index contributed by atoms with van der Waals surface area (Å²) in [5.74, 6) is 0.130. The third kappa shape index (κ3) is 1.65. The lowest BCUT2D eigenvalue weighted by Gasteiger charge is -2.37. The largest absolute Gasteiger partial charge is 0.352 e. The Morgan fingerprint density at radius 1 is 1.25 bits per heavy atom. The van der Waals surface area contributed by atoms with Gasteiger partial charge in [0, 0.05) is 18.0 Å². The van der Waals surface area contributed by atoms with Gasteiger partial charge in [0.25, 0.3) is 0 Å². The molecule has 3 heteroatoms. The molecule has 3 nitrogen and oxygen atoms in total. The molecule has 0 bridgehead atoms. The summed E-state index contributed by atoms with van der Waals surface area (Å²) in [4.78, 5) is 11.9. The second kappa shape index (κ2) is 3.22. The lowest BCUT2D eigenvalue weighted by atomic mass is 9.75. The SMILES string of the molecule is CC1(C)C(NC(=O)CC2(N)CCC2)C1(C)C. The summed E-state index contributed by atoms with van der Waals surface area (Å²) >= 11 is 0. The van der Waals surface area contributed by atoms with E-state index in [2.05, 4.69) is 33.0 Å². The van der Waals surface area contributed by atoms with Gasteiger partial charge in [-0.25, -0.2) is 0 Å². The zero-order valence-corrected chi connectivity index (χ0v) is 10.9. The summed E-state index contributed by atoms with van der Waals surface area (Å²) < 4.78 is 0. The quantitative estimate of drug-likeness (QED) is 0.768. The van der Waals surface area contributed by atoms with Crippen molar-refractivity contribution >= 4 is 5.91 Å². The predicted molar refractivity (Wildman–Crippen MR) is 64.9 cm³/mol. The van der Waals surface area contributed by atoms with E-state index in [1.807, 2.05) is 0 Å². The summed E-state index contributed by atoms with van der Waals surface area (Å²) in [5.41, 5.74) is 6.30. The van der Waals surface area contributed by atoms with Crippen LogP contribution in [0.15, 0.2) is 0 Å². The molecule has 2 aliphatic rings.